The molecule has 1 atom stereocenters. The number of carboxylic acid groups (broad SMARTS) is 1. The van der Waals surface area contributed by atoms with Gasteiger partial charge in [0.15, 0.2) is 0 Å². The zero-order valence-electron chi connectivity index (χ0n) is 19.1. The number of rotatable bonds is 9. The van der Waals surface area contributed by atoms with Crippen LogP contribution in [-0.4, -0.2) is 39.9 Å². The van der Waals surface area contributed by atoms with Gasteiger partial charge in [0.2, 0.25) is 11.9 Å². The summed E-state index contributed by atoms with van der Waals surface area (Å²) in [6.07, 6.45) is 7.62. The first-order valence-corrected chi connectivity index (χ1v) is 10.8. The Balaban J connectivity index is 0.00000137. The van der Waals surface area contributed by atoms with Crippen molar-refractivity contribution in [1.29, 1.82) is 0 Å². The third kappa shape index (κ3) is 8.01. The molecule has 182 valence electrons. The molecule has 10 heteroatoms. The Morgan fingerprint density at radius 2 is 1.83 bits per heavy atom. The van der Waals surface area contributed by atoms with E-state index in [-0.39, 0.29) is 36.6 Å². The fourth-order valence-electron chi connectivity index (χ4n) is 3.55. The van der Waals surface area contributed by atoms with Gasteiger partial charge in [-0.3, -0.25) is 14.4 Å². The van der Waals surface area contributed by atoms with Gasteiger partial charge in [0.05, 0.1) is 5.52 Å². The molecule has 0 radical (unpaired) electrons. The minimum Gasteiger partial charge on any atom is -0.483 e. The third-order valence-electron chi connectivity index (χ3n) is 5.18. The Labute approximate surface area is 202 Å². The van der Waals surface area contributed by atoms with E-state index in [1.54, 1.807) is 12.1 Å². The molecular formula is C25H28N6O4. The maximum absolute atomic E-state index is 12.3. The quantitative estimate of drug-likeness (QED) is 0.176. The van der Waals surface area contributed by atoms with E-state index in [0.717, 1.165) is 16.5 Å². The second-order valence-corrected chi connectivity index (χ2v) is 7.68. The number of hydrogen-bond donors (Lipinski definition) is 5. The monoisotopic (exact) mass is 476 g/mol. The summed E-state index contributed by atoms with van der Waals surface area (Å²) in [7, 11) is 0. The van der Waals surface area contributed by atoms with E-state index in [2.05, 4.69) is 21.2 Å². The van der Waals surface area contributed by atoms with Crippen LogP contribution in [0.4, 0.5) is 11.8 Å². The molecule has 0 saturated heterocycles. The first-order valence-electron chi connectivity index (χ1n) is 10.8. The van der Waals surface area contributed by atoms with Gasteiger partial charge < -0.3 is 27.6 Å². The van der Waals surface area contributed by atoms with Crippen molar-refractivity contribution < 1.29 is 19.5 Å². The molecule has 3 aromatic rings. The van der Waals surface area contributed by atoms with Gasteiger partial charge in [-0.05, 0) is 54.2 Å². The number of carbonyl (C=O) groups excluding carboxylic acids is 2. The number of nitrogens with one attached hydrogen (secondary N) is 1. The van der Waals surface area contributed by atoms with Crippen LogP contribution < -0.4 is 22.5 Å². The number of carbonyl (C=O) groups is 3. The number of hydrogen-bond acceptors (Lipinski definition) is 7. The average Bonchev–Trinajstić information content (AvgIpc) is 2.82. The molecular weight excluding hydrogens is 448 g/mol. The minimum atomic E-state index is -0.381. The summed E-state index contributed by atoms with van der Waals surface area (Å²) in [5, 5.41) is 10.4. The summed E-state index contributed by atoms with van der Waals surface area (Å²) < 4.78 is 0. The van der Waals surface area contributed by atoms with Gasteiger partial charge in [-0.1, -0.05) is 18.2 Å². The summed E-state index contributed by atoms with van der Waals surface area (Å²) in [5.74, 6) is 2.72. The van der Waals surface area contributed by atoms with E-state index < -0.39 is 0 Å². The van der Waals surface area contributed by atoms with E-state index in [9.17, 15) is 9.59 Å². The summed E-state index contributed by atoms with van der Waals surface area (Å²) in [6.45, 7) is 0.143. The number of terminal acetylenes is 1. The van der Waals surface area contributed by atoms with Crippen molar-refractivity contribution in [3.63, 3.8) is 0 Å². The largest absolute Gasteiger partial charge is 0.483 e. The Hall–Kier alpha value is -4.65. The van der Waals surface area contributed by atoms with Gasteiger partial charge in [-0.15, -0.1) is 12.3 Å². The van der Waals surface area contributed by atoms with E-state index in [4.69, 9.17) is 33.5 Å². The molecule has 0 aliphatic carbocycles. The predicted molar refractivity (Wildman–Crippen MR) is 134 cm³/mol. The Kier molecular flexibility index (Phi) is 10.00. The molecule has 0 aliphatic rings. The number of anilines is 2. The smallest absolute Gasteiger partial charge is 0.290 e. The molecule has 0 bridgehead atoms. The zero-order chi connectivity index (χ0) is 25.8. The highest BCUT2D eigenvalue weighted by Crippen LogP contribution is 2.27. The number of benzene rings is 2. The van der Waals surface area contributed by atoms with Crippen LogP contribution in [-0.2, 0) is 16.0 Å². The van der Waals surface area contributed by atoms with Crippen LogP contribution in [0.1, 0.15) is 46.7 Å². The van der Waals surface area contributed by atoms with Crippen molar-refractivity contribution in [2.45, 2.75) is 31.6 Å². The average molecular weight is 477 g/mol. The van der Waals surface area contributed by atoms with Crippen molar-refractivity contribution in [2.75, 3.05) is 18.0 Å². The number of nitrogens with zero attached hydrogens (tertiary/aromatic N) is 2. The number of nitrogen functional groups attached to an aromatic ring is 2. The molecule has 35 heavy (non-hydrogen) atoms. The lowest BCUT2D eigenvalue weighted by Gasteiger charge is -2.16. The number of fused-ring (bicyclic) bond motifs is 1. The van der Waals surface area contributed by atoms with E-state index in [1.807, 2.05) is 30.3 Å². The second kappa shape index (κ2) is 13.2. The van der Waals surface area contributed by atoms with Crippen LogP contribution in [0.25, 0.3) is 10.9 Å². The Morgan fingerprint density at radius 1 is 1.14 bits per heavy atom. The normalized spacial score (nSPS) is 10.9. The van der Waals surface area contributed by atoms with Crippen LogP contribution in [0.5, 0.6) is 0 Å². The molecule has 2 aromatic carbocycles. The molecule has 1 heterocycles. The fraction of sp³-hybridized carbons (Fsp3) is 0.240. The van der Waals surface area contributed by atoms with Crippen LogP contribution in [0, 0.1) is 12.3 Å². The lowest BCUT2D eigenvalue weighted by Crippen LogP contribution is -2.25. The van der Waals surface area contributed by atoms with E-state index >= 15 is 0 Å². The van der Waals surface area contributed by atoms with Crippen molar-refractivity contribution in [3.05, 3.63) is 59.2 Å². The van der Waals surface area contributed by atoms with Gasteiger partial charge in [0, 0.05) is 30.3 Å². The van der Waals surface area contributed by atoms with Gasteiger partial charge in [-0.25, -0.2) is 4.98 Å². The molecule has 10 nitrogen and oxygen atoms in total. The van der Waals surface area contributed by atoms with Crippen molar-refractivity contribution in [1.82, 2.24) is 15.3 Å². The Bertz CT molecular complexity index is 1220. The third-order valence-corrected chi connectivity index (χ3v) is 5.18. The number of amides is 2. The molecule has 1 aromatic heterocycles. The Morgan fingerprint density at radius 3 is 2.46 bits per heavy atom. The van der Waals surface area contributed by atoms with Gasteiger partial charge in [0.25, 0.3) is 12.4 Å². The summed E-state index contributed by atoms with van der Waals surface area (Å²) >= 11 is 0. The molecule has 2 amide bonds. The first-order chi connectivity index (χ1) is 16.8. The van der Waals surface area contributed by atoms with E-state index in [1.165, 1.54) is 0 Å². The summed E-state index contributed by atoms with van der Waals surface area (Å²) in [6, 6.07) is 13.2. The van der Waals surface area contributed by atoms with Crippen molar-refractivity contribution in [2.24, 2.45) is 5.73 Å². The predicted octanol–water partition coefficient (Wildman–Crippen LogP) is 1.84. The zero-order valence-corrected chi connectivity index (χ0v) is 19.1. The molecule has 0 saturated carbocycles. The molecule has 8 N–H and O–H groups in total. The lowest BCUT2D eigenvalue weighted by molar-refractivity contribution is -0.123. The van der Waals surface area contributed by atoms with Crippen LogP contribution in [0.2, 0.25) is 0 Å². The van der Waals surface area contributed by atoms with Crippen LogP contribution in [0.3, 0.4) is 0 Å². The fourth-order valence-corrected chi connectivity index (χ4v) is 3.55. The molecule has 1 unspecified atom stereocenters. The van der Waals surface area contributed by atoms with Gasteiger partial charge in [-0.2, -0.15) is 4.98 Å². The highest BCUT2D eigenvalue weighted by atomic mass is 16.3. The van der Waals surface area contributed by atoms with Gasteiger partial charge in [0.1, 0.15) is 5.82 Å². The standard InChI is InChI=1S/C24H26N6O2.CH2O2/c1-2-4-18(13-15-6-11-20-19(14-15)22(26)30-24(27)29-20)16-7-9-17(10-8-16)23(32)28-12-3-5-21(25)31;2-1-3/h1,6-11,14,18H,3-5,12-13H2,(H2,25,31)(H,28,32)(H4,26,27,29,30);1H,(H,2,3). The topological polar surface area (TPSA) is 187 Å². The molecule has 0 fully saturated rings. The SMILES string of the molecule is C#CCC(Cc1ccc2nc(N)nc(N)c2c1)c1ccc(C(=O)NCCCC(N)=O)cc1.O=CO. The van der Waals surface area contributed by atoms with Gasteiger partial charge >= 0.3 is 0 Å². The number of nitrogens with two attached hydrogens (primary N) is 3. The molecule has 0 aliphatic heterocycles. The van der Waals surface area contributed by atoms with Crippen molar-refractivity contribution in [3.8, 4) is 12.3 Å². The first kappa shape index (κ1) is 26.6. The highest BCUT2D eigenvalue weighted by molar-refractivity contribution is 5.94. The summed E-state index contributed by atoms with van der Waals surface area (Å²) in [5.41, 5.74) is 20.1. The minimum absolute atomic E-state index is 0.0704. The molecule has 0 spiro atoms. The van der Waals surface area contributed by atoms with Crippen molar-refractivity contribution >= 4 is 41.0 Å². The second-order valence-electron chi connectivity index (χ2n) is 7.68. The summed E-state index contributed by atoms with van der Waals surface area (Å²) in [4.78, 5) is 39.6. The van der Waals surface area contributed by atoms with E-state index in [0.29, 0.717) is 42.7 Å². The maximum Gasteiger partial charge on any atom is 0.290 e. The van der Waals surface area contributed by atoms with Crippen LogP contribution in [0.15, 0.2) is 42.5 Å². The number of primary amides is 1. The maximum atomic E-state index is 12.3. The number of aromatic nitrogens is 2. The highest BCUT2D eigenvalue weighted by Gasteiger charge is 2.14. The lowest BCUT2D eigenvalue weighted by atomic mass is 9.88. The molecule has 3 rings (SSSR count). The van der Waals surface area contributed by atoms with Crippen LogP contribution >= 0.6 is 0 Å².